The highest BCUT2D eigenvalue weighted by atomic mass is 16.1. The van der Waals surface area contributed by atoms with E-state index in [0.717, 1.165) is 11.1 Å². The third kappa shape index (κ3) is 0.970. The first kappa shape index (κ1) is 7.53. The summed E-state index contributed by atoms with van der Waals surface area (Å²) >= 11 is 0. The molecular weight excluding hydrogens is 148 g/mol. The van der Waals surface area contributed by atoms with Crippen LogP contribution in [0, 0.1) is 13.8 Å². The van der Waals surface area contributed by atoms with Crippen molar-refractivity contribution in [3.05, 3.63) is 41.8 Å². The highest BCUT2D eigenvalue weighted by Crippen LogP contribution is 2.32. The van der Waals surface area contributed by atoms with E-state index in [1.165, 1.54) is 5.56 Å². The van der Waals surface area contributed by atoms with Gasteiger partial charge in [-0.1, -0.05) is 23.8 Å². The Balaban J connectivity index is 2.60. The maximum Gasteiger partial charge on any atom is 0.163 e. The fraction of sp³-hybridized carbons (Fsp3) is 0.273. The van der Waals surface area contributed by atoms with Gasteiger partial charge in [0.2, 0.25) is 0 Å². The molecule has 1 aliphatic rings. The van der Waals surface area contributed by atoms with Crippen molar-refractivity contribution >= 4 is 5.78 Å². The van der Waals surface area contributed by atoms with Crippen LogP contribution in [0.1, 0.15) is 33.8 Å². The second-order valence-corrected chi connectivity index (χ2v) is 3.41. The molecule has 0 aliphatic heterocycles. The van der Waals surface area contributed by atoms with Crippen molar-refractivity contribution in [2.24, 2.45) is 0 Å². The van der Waals surface area contributed by atoms with Crippen LogP contribution in [-0.4, -0.2) is 5.78 Å². The molecule has 1 atom stereocenters. The van der Waals surface area contributed by atoms with Crippen LogP contribution in [0.4, 0.5) is 0 Å². The fourth-order valence-electron chi connectivity index (χ4n) is 1.72. The predicted octanol–water partition coefficient (Wildman–Crippen LogP) is 2.50. The first-order valence-electron chi connectivity index (χ1n) is 4.15. The first-order chi connectivity index (χ1) is 5.68. The van der Waals surface area contributed by atoms with Gasteiger partial charge in [0, 0.05) is 12.0 Å². The van der Waals surface area contributed by atoms with Gasteiger partial charge < -0.3 is 0 Å². The Bertz CT molecular complexity index is 339. The maximum absolute atomic E-state index is 11.3. The lowest BCUT2D eigenvalue weighted by Gasteiger charge is -2.02. The molecule has 1 aromatic rings. The van der Waals surface area contributed by atoms with Gasteiger partial charge in [-0.05, 0) is 25.3 Å². The molecule has 0 saturated carbocycles. The van der Waals surface area contributed by atoms with Crippen LogP contribution < -0.4 is 0 Å². The molecule has 0 spiro atoms. The lowest BCUT2D eigenvalue weighted by Crippen LogP contribution is -1.90. The Morgan fingerprint density at radius 2 is 2.25 bits per heavy atom. The van der Waals surface area contributed by atoms with Crippen molar-refractivity contribution < 1.29 is 4.79 Å². The van der Waals surface area contributed by atoms with Crippen molar-refractivity contribution in [2.75, 3.05) is 0 Å². The zero-order valence-electron chi connectivity index (χ0n) is 7.13. The molecule has 0 aromatic heterocycles. The van der Waals surface area contributed by atoms with Gasteiger partial charge in [-0.2, -0.15) is 0 Å². The van der Waals surface area contributed by atoms with E-state index < -0.39 is 0 Å². The van der Waals surface area contributed by atoms with E-state index in [1.54, 1.807) is 0 Å². The summed E-state index contributed by atoms with van der Waals surface area (Å²) in [4.78, 5) is 11.3. The van der Waals surface area contributed by atoms with E-state index >= 15 is 0 Å². The van der Waals surface area contributed by atoms with Gasteiger partial charge in [0.1, 0.15) is 0 Å². The molecule has 2 rings (SSSR count). The Morgan fingerprint density at radius 1 is 1.50 bits per heavy atom. The van der Waals surface area contributed by atoms with Crippen LogP contribution in [0.15, 0.2) is 18.2 Å². The van der Waals surface area contributed by atoms with Gasteiger partial charge in [-0.3, -0.25) is 4.79 Å². The highest BCUT2D eigenvalue weighted by Gasteiger charge is 2.25. The van der Waals surface area contributed by atoms with E-state index in [1.807, 2.05) is 19.1 Å². The van der Waals surface area contributed by atoms with E-state index in [9.17, 15) is 4.79 Å². The summed E-state index contributed by atoms with van der Waals surface area (Å²) in [6, 6.07) is 5.96. The molecule has 1 radical (unpaired) electrons. The fourth-order valence-corrected chi connectivity index (χ4v) is 1.72. The van der Waals surface area contributed by atoms with Crippen molar-refractivity contribution in [1.29, 1.82) is 0 Å². The molecule has 0 heterocycles. The minimum atomic E-state index is 0.174. The molecule has 1 heteroatoms. The number of aryl methyl sites for hydroxylation is 1. The lowest BCUT2D eigenvalue weighted by atomic mass is 10.0. The molecule has 0 amide bonds. The van der Waals surface area contributed by atoms with Crippen LogP contribution in [-0.2, 0) is 0 Å². The summed E-state index contributed by atoms with van der Waals surface area (Å²) in [5.41, 5.74) is 3.21. The number of carbonyl (C=O) groups excluding carboxylic acids is 1. The van der Waals surface area contributed by atoms with Gasteiger partial charge in [-0.25, -0.2) is 0 Å². The van der Waals surface area contributed by atoms with E-state index in [-0.39, 0.29) is 11.7 Å². The number of ketones is 1. The molecule has 1 unspecified atom stereocenters. The summed E-state index contributed by atoms with van der Waals surface area (Å²) in [5.74, 6) is 0.414. The van der Waals surface area contributed by atoms with Gasteiger partial charge >= 0.3 is 0 Å². The van der Waals surface area contributed by atoms with Crippen molar-refractivity contribution in [3.8, 4) is 0 Å². The zero-order valence-corrected chi connectivity index (χ0v) is 7.13. The third-order valence-electron chi connectivity index (χ3n) is 2.38. The molecule has 0 bridgehead atoms. The number of benzene rings is 1. The Hall–Kier alpha value is -1.11. The smallest absolute Gasteiger partial charge is 0.163 e. The number of rotatable bonds is 0. The number of Topliss-reactive ketones (excluding diaryl/α,β-unsaturated/α-hetero) is 1. The van der Waals surface area contributed by atoms with Crippen LogP contribution >= 0.6 is 0 Å². The minimum Gasteiger partial charge on any atom is -0.294 e. The average Bonchev–Trinajstić information content (AvgIpc) is 2.28. The highest BCUT2D eigenvalue weighted by molar-refractivity contribution is 6.01. The Kier molecular flexibility index (Phi) is 1.53. The third-order valence-corrected chi connectivity index (χ3v) is 2.38. The second-order valence-electron chi connectivity index (χ2n) is 3.41. The maximum atomic E-state index is 11.3. The van der Waals surface area contributed by atoms with Crippen LogP contribution in [0.25, 0.3) is 0 Å². The van der Waals surface area contributed by atoms with Gasteiger partial charge in [0.05, 0.1) is 0 Å². The standard InChI is InChI=1S/C11H11O/c1-7-3-4-9-10(5-7)8(2)6-11(9)12/h3-5,8H,2,6H2,1H3. The largest absolute Gasteiger partial charge is 0.294 e. The SMILES string of the molecule is [CH2]C1CC(=O)c2ccc(C)cc21. The topological polar surface area (TPSA) is 17.1 Å². The van der Waals surface area contributed by atoms with Crippen molar-refractivity contribution in [1.82, 2.24) is 0 Å². The van der Waals surface area contributed by atoms with Crippen LogP contribution in [0.3, 0.4) is 0 Å². The predicted molar refractivity (Wildman–Crippen MR) is 48.2 cm³/mol. The van der Waals surface area contributed by atoms with Gasteiger partial charge in [0.25, 0.3) is 0 Å². The number of carbonyl (C=O) groups is 1. The van der Waals surface area contributed by atoms with Gasteiger partial charge in [-0.15, -0.1) is 0 Å². The van der Waals surface area contributed by atoms with Gasteiger partial charge in [0.15, 0.2) is 5.78 Å². The summed E-state index contributed by atoms with van der Waals surface area (Å²) in [5, 5.41) is 0. The second kappa shape index (κ2) is 2.44. The number of hydrogen-bond acceptors (Lipinski definition) is 1. The molecule has 0 saturated heterocycles. The molecule has 0 fully saturated rings. The molecule has 1 nitrogen and oxygen atoms in total. The van der Waals surface area contributed by atoms with Crippen LogP contribution in [0.2, 0.25) is 0 Å². The minimum absolute atomic E-state index is 0.174. The van der Waals surface area contributed by atoms with E-state index in [4.69, 9.17) is 0 Å². The summed E-state index contributed by atoms with van der Waals surface area (Å²) < 4.78 is 0. The summed E-state index contributed by atoms with van der Waals surface area (Å²) in [7, 11) is 0. The molecule has 0 N–H and O–H groups in total. The summed E-state index contributed by atoms with van der Waals surface area (Å²) in [6.45, 7) is 5.99. The normalized spacial score (nSPS) is 21.2. The number of fused-ring (bicyclic) bond motifs is 1. The van der Waals surface area contributed by atoms with E-state index in [2.05, 4.69) is 13.0 Å². The monoisotopic (exact) mass is 159 g/mol. The molecule has 1 aromatic carbocycles. The zero-order chi connectivity index (χ0) is 8.72. The molecule has 12 heavy (non-hydrogen) atoms. The Morgan fingerprint density at radius 3 is 3.00 bits per heavy atom. The van der Waals surface area contributed by atoms with E-state index in [0.29, 0.717) is 6.42 Å². The molecule has 1 aliphatic carbocycles. The first-order valence-corrected chi connectivity index (χ1v) is 4.15. The van der Waals surface area contributed by atoms with Crippen molar-refractivity contribution in [2.45, 2.75) is 19.3 Å². The number of hydrogen-bond donors (Lipinski definition) is 0. The van der Waals surface area contributed by atoms with Crippen LogP contribution in [0.5, 0.6) is 0 Å². The van der Waals surface area contributed by atoms with Crippen molar-refractivity contribution in [3.63, 3.8) is 0 Å². The molecular formula is C11H11O. The average molecular weight is 159 g/mol. The quantitative estimate of drug-likeness (QED) is 0.568. The summed E-state index contributed by atoms with van der Waals surface area (Å²) in [6.07, 6.45) is 0.582. The Labute approximate surface area is 72.4 Å². The lowest BCUT2D eigenvalue weighted by molar-refractivity contribution is 0.0992. The molecule has 61 valence electrons.